The number of nitrogens with zero attached hydrogens (tertiary/aromatic N) is 5. The summed E-state index contributed by atoms with van der Waals surface area (Å²) in [5, 5.41) is 10.3. The number of nitrogens with two attached hydrogens (primary N) is 1. The van der Waals surface area contributed by atoms with Crippen LogP contribution in [0.15, 0.2) is 18.3 Å². The molecule has 0 unspecified atom stereocenters. The average Bonchev–Trinajstić information content (AvgIpc) is 2.94. The lowest BCUT2D eigenvalue weighted by Gasteiger charge is -2.35. The number of aromatic nitrogens is 3. The van der Waals surface area contributed by atoms with Crippen molar-refractivity contribution in [1.29, 1.82) is 0 Å². The van der Waals surface area contributed by atoms with Crippen LogP contribution in [0, 0.1) is 6.92 Å². The van der Waals surface area contributed by atoms with E-state index in [0.29, 0.717) is 6.54 Å². The molecule has 0 amide bonds. The Morgan fingerprint density at radius 3 is 2.45 bits per heavy atom. The second kappa shape index (κ2) is 5.72. The van der Waals surface area contributed by atoms with Crippen LogP contribution >= 0.6 is 11.3 Å². The van der Waals surface area contributed by atoms with E-state index in [1.54, 1.807) is 11.3 Å². The molecule has 2 aromatic heterocycles. The normalized spacial score (nSPS) is 15.7. The van der Waals surface area contributed by atoms with E-state index in [0.717, 1.165) is 47.7 Å². The van der Waals surface area contributed by atoms with Gasteiger partial charge >= 0.3 is 0 Å². The highest BCUT2D eigenvalue weighted by atomic mass is 32.1. The zero-order valence-corrected chi connectivity index (χ0v) is 12.3. The van der Waals surface area contributed by atoms with Crippen LogP contribution in [-0.4, -0.2) is 41.4 Å². The number of aryl methyl sites for hydroxylation is 1. The van der Waals surface area contributed by atoms with Crippen molar-refractivity contribution in [2.24, 2.45) is 5.73 Å². The van der Waals surface area contributed by atoms with Gasteiger partial charge in [-0.2, -0.15) is 0 Å². The summed E-state index contributed by atoms with van der Waals surface area (Å²) in [7, 11) is 0. The van der Waals surface area contributed by atoms with E-state index in [1.807, 2.05) is 25.3 Å². The van der Waals surface area contributed by atoms with Crippen molar-refractivity contribution in [3.63, 3.8) is 0 Å². The van der Waals surface area contributed by atoms with Gasteiger partial charge in [0.25, 0.3) is 0 Å². The quantitative estimate of drug-likeness (QED) is 0.910. The molecule has 0 aromatic carbocycles. The lowest BCUT2D eigenvalue weighted by atomic mass is 10.2. The van der Waals surface area contributed by atoms with Crippen LogP contribution in [0.2, 0.25) is 0 Å². The molecule has 6 nitrogen and oxygen atoms in total. The van der Waals surface area contributed by atoms with Gasteiger partial charge in [0, 0.05) is 38.9 Å². The Morgan fingerprint density at radius 2 is 1.90 bits per heavy atom. The summed E-state index contributed by atoms with van der Waals surface area (Å²) >= 11 is 1.65. The Hall–Kier alpha value is -1.73. The minimum atomic E-state index is 0.539. The molecular weight excluding hydrogens is 272 g/mol. The molecule has 1 aliphatic rings. The summed E-state index contributed by atoms with van der Waals surface area (Å²) in [6.45, 7) is 6.34. The molecule has 7 heteroatoms. The van der Waals surface area contributed by atoms with Gasteiger partial charge in [-0.1, -0.05) is 17.4 Å². The van der Waals surface area contributed by atoms with Crippen molar-refractivity contribution >= 4 is 22.3 Å². The molecule has 1 aliphatic heterocycles. The second-order valence-corrected chi connectivity index (χ2v) is 5.97. The number of hydrogen-bond acceptors (Lipinski definition) is 7. The fourth-order valence-corrected chi connectivity index (χ4v) is 3.00. The van der Waals surface area contributed by atoms with Crippen molar-refractivity contribution < 1.29 is 0 Å². The van der Waals surface area contributed by atoms with Gasteiger partial charge in [0.15, 0.2) is 0 Å². The third-order valence-electron chi connectivity index (χ3n) is 3.43. The fourth-order valence-electron chi connectivity index (χ4n) is 2.27. The fraction of sp³-hybridized carbons (Fsp3) is 0.462. The SMILES string of the molecule is Cc1nnc(N2CCN(c3ccc(CN)cn3)CC2)s1. The first-order valence-corrected chi connectivity index (χ1v) is 7.53. The highest BCUT2D eigenvalue weighted by Crippen LogP contribution is 2.22. The Morgan fingerprint density at radius 1 is 1.15 bits per heavy atom. The van der Waals surface area contributed by atoms with Gasteiger partial charge in [-0.3, -0.25) is 0 Å². The van der Waals surface area contributed by atoms with E-state index in [9.17, 15) is 0 Å². The first-order chi connectivity index (χ1) is 9.76. The van der Waals surface area contributed by atoms with Crippen LogP contribution in [0.25, 0.3) is 0 Å². The van der Waals surface area contributed by atoms with Crippen molar-refractivity contribution in [1.82, 2.24) is 15.2 Å². The average molecular weight is 290 g/mol. The third-order valence-corrected chi connectivity index (χ3v) is 4.33. The number of pyridine rings is 1. The van der Waals surface area contributed by atoms with E-state index in [-0.39, 0.29) is 0 Å². The van der Waals surface area contributed by atoms with Crippen molar-refractivity contribution in [3.05, 3.63) is 28.9 Å². The third kappa shape index (κ3) is 2.73. The number of rotatable bonds is 3. The molecule has 0 bridgehead atoms. The van der Waals surface area contributed by atoms with Crippen LogP contribution in [0.1, 0.15) is 10.6 Å². The molecule has 0 spiro atoms. The lowest BCUT2D eigenvalue weighted by molar-refractivity contribution is 0.643. The molecule has 1 fully saturated rings. The Labute approximate surface area is 122 Å². The van der Waals surface area contributed by atoms with Gasteiger partial charge in [-0.05, 0) is 18.6 Å². The van der Waals surface area contributed by atoms with Crippen LogP contribution in [-0.2, 0) is 6.54 Å². The molecule has 20 heavy (non-hydrogen) atoms. The van der Waals surface area contributed by atoms with Crippen LogP contribution in [0.5, 0.6) is 0 Å². The van der Waals surface area contributed by atoms with Crippen molar-refractivity contribution in [3.8, 4) is 0 Å². The predicted octanol–water partition coefficient (Wildman–Crippen LogP) is 1.03. The maximum absolute atomic E-state index is 5.59. The van der Waals surface area contributed by atoms with E-state index in [4.69, 9.17) is 5.73 Å². The zero-order valence-electron chi connectivity index (χ0n) is 11.5. The van der Waals surface area contributed by atoms with Gasteiger partial charge in [-0.25, -0.2) is 4.98 Å². The Balaban J connectivity index is 1.63. The van der Waals surface area contributed by atoms with Crippen LogP contribution < -0.4 is 15.5 Å². The van der Waals surface area contributed by atoms with Gasteiger partial charge in [0.1, 0.15) is 10.8 Å². The smallest absolute Gasteiger partial charge is 0.208 e. The van der Waals surface area contributed by atoms with E-state index >= 15 is 0 Å². The predicted molar refractivity (Wildman–Crippen MR) is 81.2 cm³/mol. The van der Waals surface area contributed by atoms with Crippen molar-refractivity contribution in [2.75, 3.05) is 36.0 Å². The maximum atomic E-state index is 5.59. The molecule has 0 radical (unpaired) electrons. The molecule has 2 aromatic rings. The van der Waals surface area contributed by atoms with Crippen LogP contribution in [0.3, 0.4) is 0 Å². The van der Waals surface area contributed by atoms with Gasteiger partial charge in [0.2, 0.25) is 5.13 Å². The number of anilines is 2. The molecule has 0 atom stereocenters. The zero-order chi connectivity index (χ0) is 13.9. The molecule has 1 saturated heterocycles. The highest BCUT2D eigenvalue weighted by molar-refractivity contribution is 7.15. The van der Waals surface area contributed by atoms with E-state index in [1.165, 1.54) is 0 Å². The van der Waals surface area contributed by atoms with Gasteiger partial charge in [0.05, 0.1) is 0 Å². The number of piperazine rings is 1. The summed E-state index contributed by atoms with van der Waals surface area (Å²) in [4.78, 5) is 9.06. The molecule has 0 aliphatic carbocycles. The summed E-state index contributed by atoms with van der Waals surface area (Å²) in [6, 6.07) is 4.09. The molecule has 2 N–H and O–H groups in total. The molecule has 3 rings (SSSR count). The Kier molecular flexibility index (Phi) is 3.79. The lowest BCUT2D eigenvalue weighted by Crippen LogP contribution is -2.46. The minimum Gasteiger partial charge on any atom is -0.353 e. The monoisotopic (exact) mass is 290 g/mol. The summed E-state index contributed by atoms with van der Waals surface area (Å²) < 4.78 is 0. The maximum Gasteiger partial charge on any atom is 0.208 e. The second-order valence-electron chi connectivity index (χ2n) is 4.81. The highest BCUT2D eigenvalue weighted by Gasteiger charge is 2.20. The summed E-state index contributed by atoms with van der Waals surface area (Å²) in [5.41, 5.74) is 6.66. The minimum absolute atomic E-state index is 0.539. The molecule has 3 heterocycles. The molecule has 0 saturated carbocycles. The van der Waals surface area contributed by atoms with Gasteiger partial charge in [-0.15, -0.1) is 10.2 Å². The van der Waals surface area contributed by atoms with Crippen molar-refractivity contribution in [2.45, 2.75) is 13.5 Å². The van der Waals surface area contributed by atoms with Gasteiger partial charge < -0.3 is 15.5 Å². The number of hydrogen-bond donors (Lipinski definition) is 1. The standard InChI is InChI=1S/C13H18N6S/c1-10-16-17-13(20-10)19-6-4-18(5-7-19)12-3-2-11(8-14)9-15-12/h2-3,9H,4-8,14H2,1H3. The Bertz CT molecular complexity index is 558. The summed E-state index contributed by atoms with van der Waals surface area (Å²) in [5.74, 6) is 1.02. The first kappa shape index (κ1) is 13.3. The largest absolute Gasteiger partial charge is 0.353 e. The molecular formula is C13H18N6S. The van der Waals surface area contributed by atoms with Crippen LogP contribution in [0.4, 0.5) is 10.9 Å². The first-order valence-electron chi connectivity index (χ1n) is 6.71. The topological polar surface area (TPSA) is 71.2 Å². The van der Waals surface area contributed by atoms with E-state index in [2.05, 4.69) is 25.0 Å². The summed E-state index contributed by atoms with van der Waals surface area (Å²) in [6.07, 6.45) is 1.86. The van der Waals surface area contributed by atoms with E-state index < -0.39 is 0 Å². The molecule has 106 valence electrons.